The van der Waals surface area contributed by atoms with Gasteiger partial charge in [0, 0.05) is 36.8 Å². The van der Waals surface area contributed by atoms with Crippen LogP contribution in [0.25, 0.3) is 0 Å². The monoisotopic (exact) mass is 208 g/mol. The number of thiazole rings is 1. The molecule has 4 nitrogen and oxygen atoms in total. The Morgan fingerprint density at radius 3 is 3.21 bits per heavy atom. The van der Waals surface area contributed by atoms with Gasteiger partial charge in [0.25, 0.3) is 0 Å². The minimum Gasteiger partial charge on any atom is -0.348 e. The van der Waals surface area contributed by atoms with Gasteiger partial charge >= 0.3 is 0 Å². The summed E-state index contributed by atoms with van der Waals surface area (Å²) in [6, 6.07) is 0. The molecule has 0 saturated heterocycles. The number of aromatic amines is 1. The maximum atomic E-state index is 4.19. The molecular formula is C9H12N4S. The molecule has 0 aromatic carbocycles. The van der Waals surface area contributed by atoms with E-state index in [9.17, 15) is 0 Å². The number of hydrogen-bond donors (Lipinski definition) is 2. The van der Waals surface area contributed by atoms with Gasteiger partial charge in [0.05, 0.1) is 17.5 Å². The Morgan fingerprint density at radius 2 is 2.50 bits per heavy atom. The molecule has 0 aliphatic carbocycles. The molecule has 2 heterocycles. The number of rotatable bonds is 5. The quantitative estimate of drug-likeness (QED) is 0.726. The van der Waals surface area contributed by atoms with E-state index in [1.807, 2.05) is 11.7 Å². The van der Waals surface area contributed by atoms with Crippen LogP contribution in [-0.2, 0) is 13.0 Å². The zero-order valence-electron chi connectivity index (χ0n) is 7.73. The molecule has 14 heavy (non-hydrogen) atoms. The van der Waals surface area contributed by atoms with Crippen LogP contribution >= 0.6 is 11.3 Å². The summed E-state index contributed by atoms with van der Waals surface area (Å²) in [4.78, 5) is 11.2. The zero-order valence-corrected chi connectivity index (χ0v) is 8.55. The summed E-state index contributed by atoms with van der Waals surface area (Å²) in [5.74, 6) is 0. The maximum Gasteiger partial charge on any atom is 0.0921 e. The second-order valence-electron chi connectivity index (χ2n) is 2.98. The highest BCUT2D eigenvalue weighted by Gasteiger charge is 1.95. The second-order valence-corrected chi connectivity index (χ2v) is 3.70. The highest BCUT2D eigenvalue weighted by molar-refractivity contribution is 7.07. The van der Waals surface area contributed by atoms with Crippen molar-refractivity contribution in [2.45, 2.75) is 13.0 Å². The first-order chi connectivity index (χ1) is 6.95. The van der Waals surface area contributed by atoms with Crippen molar-refractivity contribution in [1.82, 2.24) is 20.3 Å². The average molecular weight is 208 g/mol. The van der Waals surface area contributed by atoms with Crippen LogP contribution in [0.2, 0.25) is 0 Å². The summed E-state index contributed by atoms with van der Waals surface area (Å²) in [6.45, 7) is 1.79. The van der Waals surface area contributed by atoms with Crippen LogP contribution in [0, 0.1) is 0 Å². The predicted octanol–water partition coefficient (Wildman–Crippen LogP) is 1.20. The molecule has 0 bridgehead atoms. The van der Waals surface area contributed by atoms with Crippen molar-refractivity contribution in [1.29, 1.82) is 0 Å². The van der Waals surface area contributed by atoms with Crippen molar-refractivity contribution in [3.05, 3.63) is 34.8 Å². The van der Waals surface area contributed by atoms with Crippen LogP contribution in [0.15, 0.2) is 23.4 Å². The van der Waals surface area contributed by atoms with Crippen molar-refractivity contribution >= 4 is 11.3 Å². The smallest absolute Gasteiger partial charge is 0.0921 e. The van der Waals surface area contributed by atoms with Gasteiger partial charge in [0.1, 0.15) is 0 Å². The Balaban J connectivity index is 1.65. The molecule has 2 rings (SSSR count). The third-order valence-corrected chi connectivity index (χ3v) is 2.55. The van der Waals surface area contributed by atoms with E-state index in [0.29, 0.717) is 0 Å². The zero-order chi connectivity index (χ0) is 9.64. The molecule has 0 aliphatic rings. The van der Waals surface area contributed by atoms with Gasteiger partial charge in [-0.25, -0.2) is 9.97 Å². The van der Waals surface area contributed by atoms with Gasteiger partial charge in [0.2, 0.25) is 0 Å². The lowest BCUT2D eigenvalue weighted by atomic mass is 10.3. The Kier molecular flexibility index (Phi) is 3.26. The number of nitrogens with one attached hydrogen (secondary N) is 2. The Hall–Kier alpha value is -1.20. The fraction of sp³-hybridized carbons (Fsp3) is 0.333. The number of hydrogen-bond acceptors (Lipinski definition) is 4. The van der Waals surface area contributed by atoms with Gasteiger partial charge in [-0.1, -0.05) is 0 Å². The molecule has 2 N–H and O–H groups in total. The number of imidazole rings is 1. The van der Waals surface area contributed by atoms with Crippen LogP contribution in [0.3, 0.4) is 0 Å². The van der Waals surface area contributed by atoms with E-state index < -0.39 is 0 Å². The van der Waals surface area contributed by atoms with E-state index in [1.165, 1.54) is 0 Å². The predicted molar refractivity (Wildman–Crippen MR) is 56.1 cm³/mol. The topological polar surface area (TPSA) is 53.6 Å². The largest absolute Gasteiger partial charge is 0.348 e. The normalized spacial score (nSPS) is 10.6. The third-order valence-electron chi connectivity index (χ3n) is 1.92. The van der Waals surface area contributed by atoms with Gasteiger partial charge in [0.15, 0.2) is 0 Å². The number of H-pyrrole nitrogens is 1. The lowest BCUT2D eigenvalue weighted by Gasteiger charge is -2.00. The van der Waals surface area contributed by atoms with Crippen molar-refractivity contribution in [2.75, 3.05) is 6.54 Å². The van der Waals surface area contributed by atoms with Crippen molar-refractivity contribution in [3.63, 3.8) is 0 Å². The van der Waals surface area contributed by atoms with Gasteiger partial charge in [-0.2, -0.15) is 0 Å². The molecule has 5 heteroatoms. The molecule has 74 valence electrons. The van der Waals surface area contributed by atoms with Crippen molar-refractivity contribution < 1.29 is 0 Å². The molecule has 0 spiro atoms. The molecule has 0 saturated carbocycles. The molecule has 0 radical (unpaired) electrons. The summed E-state index contributed by atoms with van der Waals surface area (Å²) < 4.78 is 0. The highest BCUT2D eigenvalue weighted by atomic mass is 32.1. The van der Waals surface area contributed by atoms with Crippen molar-refractivity contribution in [3.8, 4) is 0 Å². The van der Waals surface area contributed by atoms with Gasteiger partial charge in [-0.15, -0.1) is 11.3 Å². The summed E-state index contributed by atoms with van der Waals surface area (Å²) in [5.41, 5.74) is 4.13. The van der Waals surface area contributed by atoms with Crippen molar-refractivity contribution in [2.24, 2.45) is 0 Å². The van der Waals surface area contributed by atoms with Crippen LogP contribution < -0.4 is 5.32 Å². The van der Waals surface area contributed by atoms with Crippen LogP contribution in [0.1, 0.15) is 11.4 Å². The Labute approximate surface area is 86.4 Å². The standard InChI is InChI=1S/C9H12N4S/c1(8-3-11-6-12-8)2-10-4-9-5-14-7-13-9/h3,5-7,10H,1-2,4H2,(H,11,12). The fourth-order valence-electron chi connectivity index (χ4n) is 1.19. The first-order valence-corrected chi connectivity index (χ1v) is 5.44. The molecule has 0 fully saturated rings. The molecular weight excluding hydrogens is 196 g/mol. The first kappa shape index (κ1) is 9.36. The van der Waals surface area contributed by atoms with Crippen LogP contribution in [-0.4, -0.2) is 21.5 Å². The number of aromatic nitrogens is 3. The second kappa shape index (κ2) is 4.88. The summed E-state index contributed by atoms with van der Waals surface area (Å²) in [7, 11) is 0. The van der Waals surface area contributed by atoms with Crippen LogP contribution in [0.5, 0.6) is 0 Å². The fourth-order valence-corrected chi connectivity index (χ4v) is 1.74. The summed E-state index contributed by atoms with van der Waals surface area (Å²) in [6.07, 6.45) is 4.53. The third kappa shape index (κ3) is 2.65. The summed E-state index contributed by atoms with van der Waals surface area (Å²) >= 11 is 1.63. The lowest BCUT2D eigenvalue weighted by molar-refractivity contribution is 0.672. The SMILES string of the molecule is c1ncc(CCNCc2cscn2)[nH]1. The molecule has 0 aliphatic heterocycles. The molecule has 0 unspecified atom stereocenters. The lowest BCUT2D eigenvalue weighted by Crippen LogP contribution is -2.16. The molecule has 0 atom stereocenters. The van der Waals surface area contributed by atoms with E-state index in [1.54, 1.807) is 17.7 Å². The first-order valence-electron chi connectivity index (χ1n) is 4.50. The number of nitrogens with zero attached hydrogens (tertiary/aromatic N) is 2. The Bertz CT molecular complexity index is 305. The van der Waals surface area contributed by atoms with E-state index in [4.69, 9.17) is 0 Å². The maximum absolute atomic E-state index is 4.19. The molecule has 2 aromatic heterocycles. The average Bonchev–Trinajstić information content (AvgIpc) is 2.86. The van der Waals surface area contributed by atoms with E-state index >= 15 is 0 Å². The van der Waals surface area contributed by atoms with Crippen LogP contribution in [0.4, 0.5) is 0 Å². The van der Waals surface area contributed by atoms with Gasteiger partial charge < -0.3 is 10.3 Å². The Morgan fingerprint density at radius 1 is 1.50 bits per heavy atom. The highest BCUT2D eigenvalue weighted by Crippen LogP contribution is 1.99. The molecule has 0 amide bonds. The molecule has 2 aromatic rings. The van der Waals surface area contributed by atoms with E-state index in [2.05, 4.69) is 25.6 Å². The minimum absolute atomic E-state index is 0.845. The van der Waals surface area contributed by atoms with Gasteiger partial charge in [-0.05, 0) is 0 Å². The van der Waals surface area contributed by atoms with Gasteiger partial charge in [-0.3, -0.25) is 0 Å². The minimum atomic E-state index is 0.845. The van der Waals surface area contributed by atoms with E-state index in [-0.39, 0.29) is 0 Å². The summed E-state index contributed by atoms with van der Waals surface area (Å²) in [5, 5.41) is 5.38. The van der Waals surface area contributed by atoms with E-state index in [0.717, 1.165) is 30.9 Å².